The molecule has 2 aromatic rings. The molecule has 0 bridgehead atoms. The summed E-state index contributed by atoms with van der Waals surface area (Å²) in [4.78, 5) is 22.8. The Balaban J connectivity index is 1.34. The molecule has 1 atom stereocenters. The van der Waals surface area contributed by atoms with Crippen molar-refractivity contribution in [3.05, 3.63) is 41.2 Å². The SMILES string of the molecule is O=C(NC1CC(c2cc(N3CC[C@H](O)C3)ncn2)C1)c1ccc(Cl)o1. The van der Waals surface area contributed by atoms with Crippen LogP contribution in [0, 0.1) is 0 Å². The molecule has 7 nitrogen and oxygen atoms in total. The minimum atomic E-state index is -0.281. The van der Waals surface area contributed by atoms with Crippen molar-refractivity contribution in [3.8, 4) is 0 Å². The first-order valence-corrected chi connectivity index (χ1v) is 8.77. The molecule has 0 spiro atoms. The van der Waals surface area contributed by atoms with Crippen molar-refractivity contribution in [2.75, 3.05) is 18.0 Å². The van der Waals surface area contributed by atoms with E-state index in [2.05, 4.69) is 20.2 Å². The van der Waals surface area contributed by atoms with Gasteiger partial charge in [-0.25, -0.2) is 9.97 Å². The van der Waals surface area contributed by atoms with Crippen molar-refractivity contribution < 1.29 is 14.3 Å². The van der Waals surface area contributed by atoms with Crippen LogP contribution in [0.15, 0.2) is 28.9 Å². The number of furan rings is 1. The number of aromatic nitrogens is 2. The molecule has 1 aliphatic heterocycles. The van der Waals surface area contributed by atoms with Gasteiger partial charge in [0.25, 0.3) is 5.91 Å². The highest BCUT2D eigenvalue weighted by Crippen LogP contribution is 2.37. The maximum atomic E-state index is 12.0. The monoisotopic (exact) mass is 362 g/mol. The van der Waals surface area contributed by atoms with E-state index >= 15 is 0 Å². The molecule has 0 aromatic carbocycles. The van der Waals surface area contributed by atoms with Crippen LogP contribution in [0.4, 0.5) is 5.82 Å². The first-order valence-electron chi connectivity index (χ1n) is 8.39. The molecule has 2 aromatic heterocycles. The van der Waals surface area contributed by atoms with Crippen molar-refractivity contribution >= 4 is 23.3 Å². The van der Waals surface area contributed by atoms with Crippen LogP contribution in [-0.2, 0) is 0 Å². The van der Waals surface area contributed by atoms with Gasteiger partial charge in [-0.1, -0.05) is 0 Å². The third-order valence-electron chi connectivity index (χ3n) is 4.85. The molecule has 3 heterocycles. The molecule has 25 heavy (non-hydrogen) atoms. The lowest BCUT2D eigenvalue weighted by molar-refractivity contribution is 0.0880. The largest absolute Gasteiger partial charge is 0.440 e. The number of aliphatic hydroxyl groups is 1. The molecular formula is C17H19ClN4O3. The zero-order chi connectivity index (χ0) is 17.4. The average molecular weight is 363 g/mol. The van der Waals surface area contributed by atoms with Crippen molar-refractivity contribution in [1.29, 1.82) is 0 Å². The highest BCUT2D eigenvalue weighted by Gasteiger charge is 2.33. The Bertz CT molecular complexity index is 775. The summed E-state index contributed by atoms with van der Waals surface area (Å²) >= 11 is 5.69. The Morgan fingerprint density at radius 2 is 2.20 bits per heavy atom. The second kappa shape index (κ2) is 6.65. The summed E-state index contributed by atoms with van der Waals surface area (Å²) in [6.07, 6.45) is 3.73. The summed E-state index contributed by atoms with van der Waals surface area (Å²) < 4.78 is 5.11. The summed E-state index contributed by atoms with van der Waals surface area (Å²) in [6, 6.07) is 5.22. The normalized spacial score (nSPS) is 25.7. The van der Waals surface area contributed by atoms with Crippen molar-refractivity contribution in [3.63, 3.8) is 0 Å². The maximum absolute atomic E-state index is 12.0. The van der Waals surface area contributed by atoms with Crippen LogP contribution in [0.5, 0.6) is 0 Å². The second-order valence-corrected chi connectivity index (χ2v) is 7.00. The van der Waals surface area contributed by atoms with Crippen LogP contribution in [0.3, 0.4) is 0 Å². The Kier molecular flexibility index (Phi) is 4.35. The predicted octanol–water partition coefficient (Wildman–Crippen LogP) is 1.97. The highest BCUT2D eigenvalue weighted by molar-refractivity contribution is 6.29. The van der Waals surface area contributed by atoms with Gasteiger partial charge in [-0.05, 0) is 43.0 Å². The zero-order valence-electron chi connectivity index (χ0n) is 13.6. The van der Waals surface area contributed by atoms with Crippen LogP contribution >= 0.6 is 11.6 Å². The van der Waals surface area contributed by atoms with Gasteiger partial charge in [0.2, 0.25) is 0 Å². The molecule has 4 rings (SSSR count). The first-order chi connectivity index (χ1) is 12.1. The first kappa shape index (κ1) is 16.4. The summed E-state index contributed by atoms with van der Waals surface area (Å²) in [7, 11) is 0. The highest BCUT2D eigenvalue weighted by atomic mass is 35.5. The number of nitrogens with zero attached hydrogens (tertiary/aromatic N) is 3. The molecule has 2 N–H and O–H groups in total. The fourth-order valence-electron chi connectivity index (χ4n) is 3.38. The van der Waals surface area contributed by atoms with Gasteiger partial charge in [0.1, 0.15) is 12.1 Å². The molecule has 1 saturated heterocycles. The minimum absolute atomic E-state index is 0.105. The summed E-state index contributed by atoms with van der Waals surface area (Å²) in [5.41, 5.74) is 0.984. The van der Waals surface area contributed by atoms with Crippen LogP contribution in [0.25, 0.3) is 0 Å². The van der Waals surface area contributed by atoms with E-state index in [9.17, 15) is 9.90 Å². The third-order valence-corrected chi connectivity index (χ3v) is 5.05. The number of β-amino-alcohol motifs (C(OH)–C–C–N with tert-alkyl or cyclic N) is 1. The minimum Gasteiger partial charge on any atom is -0.440 e. The van der Waals surface area contributed by atoms with Crippen molar-refractivity contribution in [1.82, 2.24) is 15.3 Å². The van der Waals surface area contributed by atoms with Gasteiger partial charge in [-0.2, -0.15) is 0 Å². The molecule has 132 valence electrons. The summed E-state index contributed by atoms with van der Waals surface area (Å²) in [5, 5.41) is 12.8. The molecule has 2 aliphatic rings. The molecule has 2 fully saturated rings. The van der Waals surface area contributed by atoms with E-state index in [1.807, 2.05) is 6.07 Å². The smallest absolute Gasteiger partial charge is 0.287 e. The molecule has 1 aliphatic carbocycles. The number of amides is 1. The van der Waals surface area contributed by atoms with Gasteiger partial charge >= 0.3 is 0 Å². The molecule has 1 saturated carbocycles. The third kappa shape index (κ3) is 3.48. The standard InChI is InChI=1S/C17H19ClN4O3/c18-15-2-1-14(25-15)17(24)21-11-5-10(6-11)13-7-16(20-9-19-13)22-4-3-12(23)8-22/h1-2,7,9-12,23H,3-6,8H2,(H,21,24)/t10?,11?,12-/m0/s1. The van der Waals surface area contributed by atoms with Crippen molar-refractivity contribution in [2.24, 2.45) is 0 Å². The topological polar surface area (TPSA) is 91.5 Å². The average Bonchev–Trinajstić information content (AvgIpc) is 3.19. The Morgan fingerprint density at radius 1 is 1.36 bits per heavy atom. The number of nitrogens with one attached hydrogen (secondary N) is 1. The van der Waals surface area contributed by atoms with E-state index in [1.54, 1.807) is 18.5 Å². The Hall–Kier alpha value is -2.12. The number of halogens is 1. The maximum Gasteiger partial charge on any atom is 0.287 e. The molecule has 0 radical (unpaired) electrons. The van der Waals surface area contributed by atoms with Crippen LogP contribution in [-0.4, -0.2) is 46.2 Å². The van der Waals surface area contributed by atoms with E-state index in [1.165, 1.54) is 0 Å². The fourth-order valence-corrected chi connectivity index (χ4v) is 3.52. The van der Waals surface area contributed by atoms with Crippen LogP contribution < -0.4 is 10.2 Å². The molecule has 1 amide bonds. The number of aliphatic hydroxyl groups excluding tert-OH is 1. The lowest BCUT2D eigenvalue weighted by atomic mass is 9.78. The number of carbonyl (C=O) groups excluding carboxylic acids is 1. The number of anilines is 1. The van der Waals surface area contributed by atoms with Gasteiger partial charge in [0, 0.05) is 36.8 Å². The number of carbonyl (C=O) groups is 1. The quantitative estimate of drug-likeness (QED) is 0.864. The van der Waals surface area contributed by atoms with E-state index in [-0.39, 0.29) is 29.0 Å². The van der Waals surface area contributed by atoms with E-state index in [0.717, 1.165) is 37.3 Å². The Labute approximate surface area is 150 Å². The van der Waals surface area contributed by atoms with Gasteiger partial charge in [-0.3, -0.25) is 4.79 Å². The van der Waals surface area contributed by atoms with E-state index < -0.39 is 0 Å². The van der Waals surface area contributed by atoms with Gasteiger partial charge in [0.15, 0.2) is 11.0 Å². The number of rotatable bonds is 4. The van der Waals surface area contributed by atoms with E-state index in [4.69, 9.17) is 16.0 Å². The van der Waals surface area contributed by atoms with Crippen molar-refractivity contribution in [2.45, 2.75) is 37.3 Å². The molecular weight excluding hydrogens is 344 g/mol. The summed E-state index contributed by atoms with van der Waals surface area (Å²) in [6.45, 7) is 1.43. The second-order valence-electron chi connectivity index (χ2n) is 6.63. The van der Waals surface area contributed by atoms with Gasteiger partial charge < -0.3 is 19.7 Å². The van der Waals surface area contributed by atoms with E-state index in [0.29, 0.717) is 12.5 Å². The predicted molar refractivity (Wildman–Crippen MR) is 91.8 cm³/mol. The summed E-state index contributed by atoms with van der Waals surface area (Å²) in [5.74, 6) is 1.15. The Morgan fingerprint density at radius 3 is 2.88 bits per heavy atom. The van der Waals surface area contributed by atoms with Crippen LogP contribution in [0.1, 0.15) is 41.4 Å². The molecule has 0 unspecified atom stereocenters. The number of hydrogen-bond donors (Lipinski definition) is 2. The number of hydrogen-bond acceptors (Lipinski definition) is 6. The van der Waals surface area contributed by atoms with Crippen LogP contribution in [0.2, 0.25) is 5.22 Å². The zero-order valence-corrected chi connectivity index (χ0v) is 14.3. The fraction of sp³-hybridized carbons (Fsp3) is 0.471. The lowest BCUT2D eigenvalue weighted by Gasteiger charge is -2.35. The molecule has 8 heteroatoms. The van der Waals surface area contributed by atoms with Gasteiger partial charge in [0.05, 0.1) is 6.10 Å². The lowest BCUT2D eigenvalue weighted by Crippen LogP contribution is -2.43. The van der Waals surface area contributed by atoms with Gasteiger partial charge in [-0.15, -0.1) is 0 Å².